The van der Waals surface area contributed by atoms with Crippen molar-refractivity contribution in [2.75, 3.05) is 13.1 Å². The van der Waals surface area contributed by atoms with Crippen LogP contribution in [-0.2, 0) is 6.54 Å². The molecule has 2 atom stereocenters. The second-order valence-corrected chi connectivity index (χ2v) is 5.41. The van der Waals surface area contributed by atoms with Crippen molar-refractivity contribution in [3.8, 4) is 0 Å². The van der Waals surface area contributed by atoms with Gasteiger partial charge in [0.05, 0.1) is 0 Å². The zero-order valence-electron chi connectivity index (χ0n) is 10.7. The lowest BCUT2D eigenvalue weighted by atomic mass is 9.97. The highest BCUT2D eigenvalue weighted by Crippen LogP contribution is 2.34. The number of fused-ring (bicyclic) bond motifs is 1. The van der Waals surface area contributed by atoms with Gasteiger partial charge in [0.25, 0.3) is 0 Å². The summed E-state index contributed by atoms with van der Waals surface area (Å²) in [5, 5.41) is 3.55. The van der Waals surface area contributed by atoms with Gasteiger partial charge in [-0.3, -0.25) is 4.90 Å². The number of hydrogen-bond acceptors (Lipinski definition) is 2. The Kier molecular flexibility index (Phi) is 3.17. The first-order chi connectivity index (χ1) is 8.36. The van der Waals surface area contributed by atoms with Crippen LogP contribution >= 0.6 is 0 Å². The molecular formula is C15H22N2. The molecule has 17 heavy (non-hydrogen) atoms. The van der Waals surface area contributed by atoms with Crippen molar-refractivity contribution >= 4 is 0 Å². The van der Waals surface area contributed by atoms with Gasteiger partial charge in [0.2, 0.25) is 0 Å². The molecule has 0 radical (unpaired) electrons. The maximum Gasteiger partial charge on any atom is 0.0366 e. The summed E-state index contributed by atoms with van der Waals surface area (Å²) in [5.74, 6) is 0. The maximum atomic E-state index is 3.55. The van der Waals surface area contributed by atoms with Crippen LogP contribution in [0.1, 0.15) is 43.4 Å². The molecule has 2 aliphatic rings. The van der Waals surface area contributed by atoms with Crippen molar-refractivity contribution < 1.29 is 0 Å². The number of rotatable bonds is 1. The monoisotopic (exact) mass is 230 g/mol. The van der Waals surface area contributed by atoms with Crippen LogP contribution in [0.15, 0.2) is 24.3 Å². The normalized spacial score (nSPS) is 29.9. The van der Waals surface area contributed by atoms with Gasteiger partial charge in [0.1, 0.15) is 0 Å². The Morgan fingerprint density at radius 2 is 2.12 bits per heavy atom. The third-order valence-electron chi connectivity index (χ3n) is 4.33. The van der Waals surface area contributed by atoms with Gasteiger partial charge >= 0.3 is 0 Å². The molecule has 1 aromatic rings. The van der Waals surface area contributed by atoms with Gasteiger partial charge in [0.15, 0.2) is 0 Å². The van der Waals surface area contributed by atoms with E-state index in [-0.39, 0.29) is 0 Å². The molecule has 3 rings (SSSR count). The standard InChI is InChI=1S/C15H22N2/c1-12-5-4-10-17(12)15-8-9-16-11-13-6-2-3-7-14(13)15/h2-3,6-7,12,15-16H,4-5,8-11H2,1H3. The first-order valence-corrected chi connectivity index (χ1v) is 6.90. The summed E-state index contributed by atoms with van der Waals surface area (Å²) in [6, 6.07) is 10.4. The Morgan fingerprint density at radius 1 is 1.24 bits per heavy atom. The van der Waals surface area contributed by atoms with E-state index in [1.165, 1.54) is 31.4 Å². The van der Waals surface area contributed by atoms with E-state index in [9.17, 15) is 0 Å². The molecular weight excluding hydrogens is 208 g/mol. The zero-order chi connectivity index (χ0) is 11.7. The third-order valence-corrected chi connectivity index (χ3v) is 4.33. The molecule has 0 aromatic heterocycles. The van der Waals surface area contributed by atoms with Crippen LogP contribution in [0.4, 0.5) is 0 Å². The van der Waals surface area contributed by atoms with E-state index >= 15 is 0 Å². The lowest BCUT2D eigenvalue weighted by Crippen LogP contribution is -2.32. The summed E-state index contributed by atoms with van der Waals surface area (Å²) in [7, 11) is 0. The molecule has 92 valence electrons. The molecule has 1 fully saturated rings. The lowest BCUT2D eigenvalue weighted by Gasteiger charge is -2.31. The highest BCUT2D eigenvalue weighted by Gasteiger charge is 2.30. The van der Waals surface area contributed by atoms with Crippen molar-refractivity contribution in [3.05, 3.63) is 35.4 Å². The van der Waals surface area contributed by atoms with E-state index in [1.54, 1.807) is 5.56 Å². The van der Waals surface area contributed by atoms with Gasteiger partial charge in [-0.1, -0.05) is 24.3 Å². The van der Waals surface area contributed by atoms with Crippen molar-refractivity contribution in [3.63, 3.8) is 0 Å². The molecule has 2 nitrogen and oxygen atoms in total. The Labute approximate surface area is 104 Å². The van der Waals surface area contributed by atoms with Gasteiger partial charge in [-0.15, -0.1) is 0 Å². The Bertz CT molecular complexity index is 388. The largest absolute Gasteiger partial charge is 0.313 e. The summed E-state index contributed by atoms with van der Waals surface area (Å²) >= 11 is 0. The predicted octanol–water partition coefficient (Wildman–Crippen LogP) is 2.71. The maximum absolute atomic E-state index is 3.55. The van der Waals surface area contributed by atoms with Crippen molar-refractivity contribution in [1.29, 1.82) is 0 Å². The molecule has 0 aliphatic carbocycles. The summed E-state index contributed by atoms with van der Waals surface area (Å²) in [5.41, 5.74) is 3.06. The minimum Gasteiger partial charge on any atom is -0.313 e. The van der Waals surface area contributed by atoms with E-state index in [4.69, 9.17) is 0 Å². The second-order valence-electron chi connectivity index (χ2n) is 5.41. The van der Waals surface area contributed by atoms with E-state index in [2.05, 4.69) is 41.4 Å². The van der Waals surface area contributed by atoms with E-state index < -0.39 is 0 Å². The summed E-state index contributed by atoms with van der Waals surface area (Å²) in [6.45, 7) is 5.84. The average molecular weight is 230 g/mol. The van der Waals surface area contributed by atoms with Crippen LogP contribution in [0.25, 0.3) is 0 Å². The molecule has 0 bridgehead atoms. The average Bonchev–Trinajstić information content (AvgIpc) is 2.66. The molecule has 2 heterocycles. The fraction of sp³-hybridized carbons (Fsp3) is 0.600. The molecule has 1 N–H and O–H groups in total. The summed E-state index contributed by atoms with van der Waals surface area (Å²) in [6.07, 6.45) is 3.99. The van der Waals surface area contributed by atoms with Crippen LogP contribution in [0.2, 0.25) is 0 Å². The van der Waals surface area contributed by atoms with Gasteiger partial charge in [-0.2, -0.15) is 0 Å². The van der Waals surface area contributed by atoms with Gasteiger partial charge in [0, 0.05) is 18.6 Å². The number of likely N-dealkylation sites (tertiary alicyclic amines) is 1. The smallest absolute Gasteiger partial charge is 0.0366 e. The molecule has 1 saturated heterocycles. The summed E-state index contributed by atoms with van der Waals surface area (Å²) < 4.78 is 0. The van der Waals surface area contributed by atoms with E-state index in [0.29, 0.717) is 6.04 Å². The molecule has 0 saturated carbocycles. The predicted molar refractivity (Wildman–Crippen MR) is 70.9 cm³/mol. The number of nitrogens with zero attached hydrogens (tertiary/aromatic N) is 1. The first-order valence-electron chi connectivity index (χ1n) is 6.90. The quantitative estimate of drug-likeness (QED) is 0.798. The minimum absolute atomic E-state index is 0.638. The second kappa shape index (κ2) is 4.79. The SMILES string of the molecule is CC1CCCN1C1CCNCc2ccccc21. The van der Waals surface area contributed by atoms with Crippen LogP contribution in [0.5, 0.6) is 0 Å². The number of hydrogen-bond donors (Lipinski definition) is 1. The lowest BCUT2D eigenvalue weighted by molar-refractivity contribution is 0.183. The number of nitrogens with one attached hydrogen (secondary N) is 1. The summed E-state index contributed by atoms with van der Waals surface area (Å²) in [4.78, 5) is 2.71. The third kappa shape index (κ3) is 2.12. The van der Waals surface area contributed by atoms with E-state index in [1.807, 2.05) is 0 Å². The fourth-order valence-corrected chi connectivity index (χ4v) is 3.40. The fourth-order valence-electron chi connectivity index (χ4n) is 3.40. The Balaban J connectivity index is 1.93. The molecule has 2 unspecified atom stereocenters. The Morgan fingerprint density at radius 3 is 2.94 bits per heavy atom. The van der Waals surface area contributed by atoms with Crippen LogP contribution < -0.4 is 5.32 Å². The Hall–Kier alpha value is -0.860. The van der Waals surface area contributed by atoms with Crippen LogP contribution in [0.3, 0.4) is 0 Å². The van der Waals surface area contributed by atoms with E-state index in [0.717, 1.165) is 19.1 Å². The van der Waals surface area contributed by atoms with Gasteiger partial charge in [-0.05, 0) is 50.4 Å². The highest BCUT2D eigenvalue weighted by atomic mass is 15.2. The molecule has 2 heteroatoms. The van der Waals surface area contributed by atoms with Gasteiger partial charge < -0.3 is 5.32 Å². The van der Waals surface area contributed by atoms with Crippen molar-refractivity contribution in [2.24, 2.45) is 0 Å². The minimum atomic E-state index is 0.638. The van der Waals surface area contributed by atoms with Crippen molar-refractivity contribution in [1.82, 2.24) is 10.2 Å². The first kappa shape index (κ1) is 11.2. The van der Waals surface area contributed by atoms with Crippen molar-refractivity contribution in [2.45, 2.75) is 44.8 Å². The molecule has 1 aromatic carbocycles. The number of benzene rings is 1. The van der Waals surface area contributed by atoms with Crippen LogP contribution in [-0.4, -0.2) is 24.0 Å². The van der Waals surface area contributed by atoms with Gasteiger partial charge in [-0.25, -0.2) is 0 Å². The van der Waals surface area contributed by atoms with Crippen LogP contribution in [0, 0.1) is 0 Å². The zero-order valence-corrected chi connectivity index (χ0v) is 10.7. The molecule has 0 spiro atoms. The molecule has 2 aliphatic heterocycles. The topological polar surface area (TPSA) is 15.3 Å². The highest BCUT2D eigenvalue weighted by molar-refractivity contribution is 5.31. The molecule has 0 amide bonds.